The van der Waals surface area contributed by atoms with Crippen LogP contribution in [0.3, 0.4) is 0 Å². The summed E-state index contributed by atoms with van der Waals surface area (Å²) in [5.74, 6) is 1.05. The predicted octanol–water partition coefficient (Wildman–Crippen LogP) is 3.01. The van der Waals surface area contributed by atoms with Crippen LogP contribution < -0.4 is 4.90 Å². The highest BCUT2D eigenvalue weighted by molar-refractivity contribution is 5.97. The van der Waals surface area contributed by atoms with Crippen LogP contribution in [0, 0.1) is 23.2 Å². The molecule has 0 radical (unpaired) electrons. The molecule has 2 atom stereocenters. The van der Waals surface area contributed by atoms with Crippen molar-refractivity contribution in [1.29, 1.82) is 5.26 Å². The number of anilines is 1. The van der Waals surface area contributed by atoms with Crippen molar-refractivity contribution in [3.8, 4) is 6.07 Å². The van der Waals surface area contributed by atoms with E-state index in [1.54, 1.807) is 0 Å². The normalized spacial score (nSPS) is 25.3. The number of rotatable bonds is 3. The van der Waals surface area contributed by atoms with Gasteiger partial charge in [-0.2, -0.15) is 10.4 Å². The fourth-order valence-electron chi connectivity index (χ4n) is 4.13. The van der Waals surface area contributed by atoms with Crippen LogP contribution in [-0.4, -0.2) is 42.2 Å². The molecule has 1 aliphatic carbocycles. The summed E-state index contributed by atoms with van der Waals surface area (Å²) in [5.41, 5.74) is 4.42. The van der Waals surface area contributed by atoms with Gasteiger partial charge >= 0.3 is 0 Å². The van der Waals surface area contributed by atoms with Gasteiger partial charge in [0.25, 0.3) is 0 Å². The molecular formula is C20H21N5O. The fourth-order valence-corrected chi connectivity index (χ4v) is 4.13. The number of ether oxygens (including phenoxy) is 1. The number of fused-ring (bicyclic) bond motifs is 1. The lowest BCUT2D eigenvalue weighted by molar-refractivity contribution is 0.122. The molecule has 5 rings (SSSR count). The summed E-state index contributed by atoms with van der Waals surface area (Å²) in [6.07, 6.45) is 4.11. The first kappa shape index (κ1) is 15.6. The number of hydrogen-bond donors (Lipinski definition) is 1. The zero-order valence-electron chi connectivity index (χ0n) is 14.6. The van der Waals surface area contributed by atoms with Gasteiger partial charge in [0.15, 0.2) is 5.82 Å². The van der Waals surface area contributed by atoms with E-state index in [1.807, 2.05) is 6.20 Å². The maximum absolute atomic E-state index is 9.96. The molecule has 1 N–H and O–H groups in total. The second-order valence-electron chi connectivity index (χ2n) is 7.26. The lowest BCUT2D eigenvalue weighted by Gasteiger charge is -2.31. The molecule has 2 aliphatic heterocycles. The Hall–Kier alpha value is -2.65. The van der Waals surface area contributed by atoms with E-state index >= 15 is 0 Å². The maximum atomic E-state index is 9.96. The predicted molar refractivity (Wildman–Crippen MR) is 98.8 cm³/mol. The largest absolute Gasteiger partial charge is 0.378 e. The van der Waals surface area contributed by atoms with Gasteiger partial charge in [0, 0.05) is 36.0 Å². The molecule has 1 aromatic heterocycles. The lowest BCUT2D eigenvalue weighted by Crippen LogP contribution is -2.36. The smallest absolute Gasteiger partial charge is 0.151 e. The Morgan fingerprint density at radius 1 is 1.23 bits per heavy atom. The van der Waals surface area contributed by atoms with Gasteiger partial charge < -0.3 is 9.64 Å². The van der Waals surface area contributed by atoms with Crippen LogP contribution in [0.25, 0.3) is 0 Å². The second-order valence-corrected chi connectivity index (χ2v) is 7.26. The molecule has 1 aromatic carbocycles. The van der Waals surface area contributed by atoms with Crippen molar-refractivity contribution in [2.75, 3.05) is 31.2 Å². The van der Waals surface area contributed by atoms with Crippen molar-refractivity contribution in [3.05, 3.63) is 41.6 Å². The molecule has 26 heavy (non-hydrogen) atoms. The van der Waals surface area contributed by atoms with E-state index in [0.29, 0.717) is 5.92 Å². The van der Waals surface area contributed by atoms with Gasteiger partial charge in [0.05, 0.1) is 31.4 Å². The third kappa shape index (κ3) is 2.60. The van der Waals surface area contributed by atoms with Gasteiger partial charge in [-0.15, -0.1) is 0 Å². The van der Waals surface area contributed by atoms with E-state index in [-0.39, 0.29) is 11.8 Å². The molecule has 1 saturated carbocycles. The quantitative estimate of drug-likeness (QED) is 0.926. The van der Waals surface area contributed by atoms with Gasteiger partial charge in [0.2, 0.25) is 0 Å². The molecule has 0 amide bonds. The summed E-state index contributed by atoms with van der Waals surface area (Å²) in [5, 5.41) is 17.2. The van der Waals surface area contributed by atoms with Crippen molar-refractivity contribution >= 4 is 17.2 Å². The number of aliphatic imine (C=N–C) groups is 1. The highest BCUT2D eigenvalue weighted by Crippen LogP contribution is 2.47. The summed E-state index contributed by atoms with van der Waals surface area (Å²) < 4.78 is 5.47. The van der Waals surface area contributed by atoms with Crippen molar-refractivity contribution in [3.63, 3.8) is 0 Å². The Morgan fingerprint density at radius 3 is 2.85 bits per heavy atom. The Balaban J connectivity index is 1.56. The number of aromatic nitrogens is 2. The monoisotopic (exact) mass is 347 g/mol. The highest BCUT2D eigenvalue weighted by Gasteiger charge is 2.42. The van der Waals surface area contributed by atoms with Crippen LogP contribution in [0.15, 0.2) is 35.5 Å². The Morgan fingerprint density at radius 2 is 2.08 bits per heavy atom. The van der Waals surface area contributed by atoms with Crippen LogP contribution >= 0.6 is 0 Å². The highest BCUT2D eigenvalue weighted by atomic mass is 16.5. The molecule has 3 heterocycles. The molecule has 2 fully saturated rings. The van der Waals surface area contributed by atoms with Crippen LogP contribution in [0.4, 0.5) is 11.5 Å². The minimum atomic E-state index is -0.215. The fraction of sp³-hybridized carbons (Fsp3) is 0.450. The average Bonchev–Trinajstić information content (AvgIpc) is 3.44. The van der Waals surface area contributed by atoms with Crippen molar-refractivity contribution in [2.24, 2.45) is 16.8 Å². The van der Waals surface area contributed by atoms with Gasteiger partial charge in [-0.25, -0.2) is 4.99 Å². The molecule has 0 bridgehead atoms. The van der Waals surface area contributed by atoms with Crippen molar-refractivity contribution < 1.29 is 4.74 Å². The first-order valence-electron chi connectivity index (χ1n) is 9.29. The standard InChI is InChI=1S/C20H21N5O/c21-11-16-18(17-12-22-24-20(17)23-19(16)13-4-5-13)14-2-1-3-15(10-14)25-6-8-26-9-7-25/h1-3,10,12-13,16,18H,4-9H2,(H,22,24). The Labute approximate surface area is 152 Å². The Bertz CT molecular complexity index is 886. The summed E-state index contributed by atoms with van der Waals surface area (Å²) >= 11 is 0. The van der Waals surface area contributed by atoms with Crippen molar-refractivity contribution in [1.82, 2.24) is 10.2 Å². The van der Waals surface area contributed by atoms with Gasteiger partial charge in [0.1, 0.15) is 0 Å². The minimum absolute atomic E-state index is 0.0113. The molecule has 0 spiro atoms. The number of aromatic amines is 1. The van der Waals surface area contributed by atoms with E-state index < -0.39 is 0 Å². The van der Waals surface area contributed by atoms with Gasteiger partial charge in [-0.05, 0) is 36.5 Å². The SMILES string of the molecule is N#CC1C(C2CC2)=Nc2[nH]ncc2C1c1cccc(N2CCOCC2)c1. The molecule has 1 saturated heterocycles. The summed E-state index contributed by atoms with van der Waals surface area (Å²) in [7, 11) is 0. The number of hydrogen-bond acceptors (Lipinski definition) is 5. The number of nitriles is 1. The van der Waals surface area contributed by atoms with Crippen LogP contribution in [0.2, 0.25) is 0 Å². The third-order valence-corrected chi connectivity index (χ3v) is 5.62. The zero-order chi connectivity index (χ0) is 17.5. The summed E-state index contributed by atoms with van der Waals surface area (Å²) in [6.45, 7) is 3.33. The Kier molecular flexibility index (Phi) is 3.75. The lowest BCUT2D eigenvalue weighted by atomic mass is 9.76. The van der Waals surface area contributed by atoms with Crippen molar-refractivity contribution in [2.45, 2.75) is 18.8 Å². The number of H-pyrrole nitrogens is 1. The van der Waals surface area contributed by atoms with Crippen LogP contribution in [-0.2, 0) is 4.74 Å². The van der Waals surface area contributed by atoms with E-state index in [1.165, 1.54) is 5.69 Å². The van der Waals surface area contributed by atoms with Crippen LogP contribution in [0.1, 0.15) is 29.9 Å². The molecule has 132 valence electrons. The van der Waals surface area contributed by atoms with E-state index in [9.17, 15) is 5.26 Å². The number of nitrogens with zero attached hydrogens (tertiary/aromatic N) is 4. The molecule has 2 unspecified atom stereocenters. The molecular weight excluding hydrogens is 326 g/mol. The summed E-state index contributed by atoms with van der Waals surface area (Å²) in [4.78, 5) is 7.11. The van der Waals surface area contributed by atoms with E-state index in [4.69, 9.17) is 9.73 Å². The minimum Gasteiger partial charge on any atom is -0.378 e. The molecule has 6 nitrogen and oxygen atoms in total. The number of morpholine rings is 1. The number of nitrogens with one attached hydrogen (secondary N) is 1. The topological polar surface area (TPSA) is 77.3 Å². The van der Waals surface area contributed by atoms with Gasteiger partial charge in [-0.3, -0.25) is 5.10 Å². The molecule has 6 heteroatoms. The summed E-state index contributed by atoms with van der Waals surface area (Å²) in [6, 6.07) is 11.1. The average molecular weight is 347 g/mol. The first-order valence-corrected chi connectivity index (χ1v) is 9.29. The first-order chi connectivity index (χ1) is 12.8. The molecule has 2 aromatic rings. The second kappa shape index (κ2) is 6.26. The number of benzene rings is 1. The maximum Gasteiger partial charge on any atom is 0.151 e. The van der Waals surface area contributed by atoms with Gasteiger partial charge in [-0.1, -0.05) is 12.1 Å². The van der Waals surface area contributed by atoms with E-state index in [2.05, 4.69) is 45.4 Å². The van der Waals surface area contributed by atoms with Crippen LogP contribution in [0.5, 0.6) is 0 Å². The molecule has 3 aliphatic rings. The van der Waals surface area contributed by atoms with E-state index in [0.717, 1.165) is 61.8 Å². The zero-order valence-corrected chi connectivity index (χ0v) is 14.6. The third-order valence-electron chi connectivity index (χ3n) is 5.62.